The minimum atomic E-state index is 0. The zero-order valence-corrected chi connectivity index (χ0v) is 38.6. The summed E-state index contributed by atoms with van der Waals surface area (Å²) < 4.78 is 2.23. The molecule has 0 aliphatic heterocycles. The van der Waals surface area contributed by atoms with E-state index in [4.69, 9.17) is 0 Å². The Hall–Kier alpha value is -1.06. The monoisotopic (exact) mass is 791 g/mol. The smallest absolute Gasteiger partial charge is 0.104 e. The summed E-state index contributed by atoms with van der Waals surface area (Å²) in [5.41, 5.74) is 2.92. The molecule has 0 amide bonds. The Balaban J connectivity index is 0. The molecule has 0 bridgehead atoms. The summed E-state index contributed by atoms with van der Waals surface area (Å²) in [5.74, 6) is 0. The number of quaternary nitrogens is 2. The molecule has 2 rings (SSSR count). The third-order valence-corrected chi connectivity index (χ3v) is 11.1. The Morgan fingerprint density at radius 3 is 0.722 bits per heavy atom. The molecule has 0 atom stereocenters. The lowest BCUT2D eigenvalue weighted by atomic mass is 10.0. The van der Waals surface area contributed by atoms with E-state index in [9.17, 15) is 0 Å². The predicted molar refractivity (Wildman–Crippen MR) is 235 cm³/mol. The molecule has 0 heterocycles. The van der Waals surface area contributed by atoms with Gasteiger partial charge < -0.3 is 33.8 Å². The molecule has 2 aromatic carbocycles. The standard InChI is InChI=1S/C27H50N.C23H42N.2ClH/c1-4-5-6-7-8-9-10-11-12-13-14-15-16-17-18-22-25-28(2,3)26-27-23-20-19-21-24-27;1-4-5-6-7-8-9-10-11-12-13-14-18-21-24(2,3)22-23-19-16-15-17-20-23;;/h19-21,23-24H,4-18,22,25-26H2,1-3H3;15-17,19-20H,4-14,18,21-22H2,1-3H3;2*1H/q2*+1;;/p-2. The van der Waals surface area contributed by atoms with Crippen molar-refractivity contribution in [3.05, 3.63) is 71.8 Å². The summed E-state index contributed by atoms with van der Waals surface area (Å²) in [5, 5.41) is 0. The Bertz CT molecular complexity index is 994. The molecule has 4 heteroatoms. The SMILES string of the molecule is CCCCCCCCCCCCCCCCCC[N+](C)(C)Cc1ccccc1.CCCCCCCCCCCCCC[N+](C)(C)Cc1ccccc1.[Cl-].[Cl-]. The molecule has 2 aromatic rings. The molecule has 0 N–H and O–H groups in total. The van der Waals surface area contributed by atoms with Crippen LogP contribution >= 0.6 is 0 Å². The van der Waals surface area contributed by atoms with Crippen LogP contribution in [0.25, 0.3) is 0 Å². The fourth-order valence-corrected chi connectivity index (χ4v) is 7.78. The number of nitrogens with zero attached hydrogens (tertiary/aromatic N) is 2. The number of hydrogen-bond acceptors (Lipinski definition) is 0. The van der Waals surface area contributed by atoms with Crippen molar-refractivity contribution in [2.24, 2.45) is 0 Å². The molecule has 0 saturated carbocycles. The molecule has 54 heavy (non-hydrogen) atoms. The molecule has 0 saturated heterocycles. The molecule has 0 aliphatic rings. The van der Waals surface area contributed by atoms with Crippen molar-refractivity contribution in [1.82, 2.24) is 0 Å². The molecule has 0 aliphatic carbocycles. The fraction of sp³-hybridized carbons (Fsp3) is 0.760. The van der Waals surface area contributed by atoms with Crippen molar-refractivity contribution in [3.8, 4) is 0 Å². The number of benzene rings is 2. The van der Waals surface area contributed by atoms with E-state index in [0.717, 1.165) is 22.1 Å². The van der Waals surface area contributed by atoms with E-state index in [1.807, 2.05) is 0 Å². The van der Waals surface area contributed by atoms with Gasteiger partial charge in [-0.2, -0.15) is 0 Å². The predicted octanol–water partition coefficient (Wildman–Crippen LogP) is 9.50. The summed E-state index contributed by atoms with van der Waals surface area (Å²) >= 11 is 0. The van der Waals surface area contributed by atoms with Crippen LogP contribution in [-0.2, 0) is 13.1 Å². The molecule has 0 aromatic heterocycles. The third-order valence-electron chi connectivity index (χ3n) is 11.1. The van der Waals surface area contributed by atoms with Gasteiger partial charge in [0.1, 0.15) is 13.1 Å². The summed E-state index contributed by atoms with van der Waals surface area (Å²) in [4.78, 5) is 0. The summed E-state index contributed by atoms with van der Waals surface area (Å²) in [6, 6.07) is 21.9. The van der Waals surface area contributed by atoms with E-state index in [1.54, 1.807) is 0 Å². The van der Waals surface area contributed by atoms with Crippen molar-refractivity contribution in [2.75, 3.05) is 41.3 Å². The third kappa shape index (κ3) is 36.6. The minimum Gasteiger partial charge on any atom is -1.00 e. The maximum absolute atomic E-state index is 2.37. The minimum absolute atomic E-state index is 0. The quantitative estimate of drug-likeness (QED) is 0.0490. The van der Waals surface area contributed by atoms with Gasteiger partial charge in [0.05, 0.1) is 41.3 Å². The molecule has 2 nitrogen and oxygen atoms in total. The van der Waals surface area contributed by atoms with Gasteiger partial charge in [-0.05, 0) is 25.7 Å². The molecular formula is C50H92Cl2N2. The molecular weight excluding hydrogens is 699 g/mol. The number of hydrogen-bond donors (Lipinski definition) is 0. The van der Waals surface area contributed by atoms with Gasteiger partial charge in [-0.25, -0.2) is 0 Å². The van der Waals surface area contributed by atoms with Crippen LogP contribution in [0.3, 0.4) is 0 Å². The van der Waals surface area contributed by atoms with Gasteiger partial charge in [-0.3, -0.25) is 0 Å². The Morgan fingerprint density at radius 2 is 0.500 bits per heavy atom. The van der Waals surface area contributed by atoms with Crippen molar-refractivity contribution < 1.29 is 33.8 Å². The number of halogens is 2. The van der Waals surface area contributed by atoms with Gasteiger partial charge in [-0.1, -0.05) is 229 Å². The first-order valence-electron chi connectivity index (χ1n) is 23.0. The van der Waals surface area contributed by atoms with Crippen LogP contribution < -0.4 is 24.8 Å². The Labute approximate surface area is 352 Å². The van der Waals surface area contributed by atoms with Gasteiger partial charge in [0.2, 0.25) is 0 Å². The first-order chi connectivity index (χ1) is 25.3. The van der Waals surface area contributed by atoms with Crippen LogP contribution in [0.5, 0.6) is 0 Å². The van der Waals surface area contributed by atoms with E-state index >= 15 is 0 Å². The number of unbranched alkanes of at least 4 members (excludes halogenated alkanes) is 26. The van der Waals surface area contributed by atoms with Crippen molar-refractivity contribution >= 4 is 0 Å². The van der Waals surface area contributed by atoms with Gasteiger partial charge in [-0.15, -0.1) is 0 Å². The lowest BCUT2D eigenvalue weighted by Crippen LogP contribution is -3.00. The lowest BCUT2D eigenvalue weighted by molar-refractivity contribution is -0.903. The van der Waals surface area contributed by atoms with Crippen LogP contribution in [0.2, 0.25) is 0 Å². The van der Waals surface area contributed by atoms with Gasteiger partial charge in [0, 0.05) is 11.1 Å². The molecule has 0 fully saturated rings. The van der Waals surface area contributed by atoms with Crippen LogP contribution in [0.15, 0.2) is 60.7 Å². The second kappa shape index (κ2) is 38.8. The van der Waals surface area contributed by atoms with Crippen LogP contribution in [-0.4, -0.2) is 50.2 Å². The zero-order valence-electron chi connectivity index (χ0n) is 37.1. The largest absolute Gasteiger partial charge is 1.00 e. The van der Waals surface area contributed by atoms with Crippen LogP contribution in [0, 0.1) is 0 Å². The van der Waals surface area contributed by atoms with Gasteiger partial charge in [0.15, 0.2) is 0 Å². The summed E-state index contributed by atoms with van der Waals surface area (Å²) in [7, 11) is 9.48. The van der Waals surface area contributed by atoms with E-state index in [2.05, 4.69) is 103 Å². The topological polar surface area (TPSA) is 0 Å². The van der Waals surface area contributed by atoms with Gasteiger partial charge >= 0.3 is 0 Å². The molecule has 0 radical (unpaired) electrons. The van der Waals surface area contributed by atoms with E-state index in [0.29, 0.717) is 0 Å². The Kier molecular flexibility index (Phi) is 39.5. The van der Waals surface area contributed by atoms with Gasteiger partial charge in [0.25, 0.3) is 0 Å². The summed E-state index contributed by atoms with van der Waals surface area (Å²) in [6.45, 7) is 9.49. The molecule has 0 spiro atoms. The fourth-order valence-electron chi connectivity index (χ4n) is 7.78. The average Bonchev–Trinajstić information content (AvgIpc) is 3.12. The van der Waals surface area contributed by atoms with Crippen molar-refractivity contribution in [2.45, 2.75) is 207 Å². The Morgan fingerprint density at radius 1 is 0.296 bits per heavy atom. The highest BCUT2D eigenvalue weighted by Crippen LogP contribution is 2.17. The van der Waals surface area contributed by atoms with Crippen molar-refractivity contribution in [1.29, 1.82) is 0 Å². The normalized spacial score (nSPS) is 11.4. The second-order valence-electron chi connectivity index (χ2n) is 17.8. The highest BCUT2D eigenvalue weighted by atomic mass is 35.5. The zero-order chi connectivity index (χ0) is 37.9. The average molecular weight is 792 g/mol. The van der Waals surface area contributed by atoms with E-state index in [1.165, 1.54) is 204 Å². The van der Waals surface area contributed by atoms with E-state index in [-0.39, 0.29) is 24.8 Å². The summed E-state index contributed by atoms with van der Waals surface area (Å²) in [6.07, 6.45) is 40.4. The van der Waals surface area contributed by atoms with Crippen LogP contribution in [0.4, 0.5) is 0 Å². The first kappa shape index (κ1) is 55.0. The maximum atomic E-state index is 2.37. The first-order valence-corrected chi connectivity index (χ1v) is 23.0. The van der Waals surface area contributed by atoms with E-state index < -0.39 is 0 Å². The maximum Gasteiger partial charge on any atom is 0.104 e. The highest BCUT2D eigenvalue weighted by Gasteiger charge is 2.16. The highest BCUT2D eigenvalue weighted by molar-refractivity contribution is 5.14. The molecule has 316 valence electrons. The van der Waals surface area contributed by atoms with Crippen molar-refractivity contribution in [3.63, 3.8) is 0 Å². The van der Waals surface area contributed by atoms with Crippen LogP contribution in [0.1, 0.15) is 205 Å². The number of rotatable bonds is 34. The lowest BCUT2D eigenvalue weighted by Gasteiger charge is -2.30. The second-order valence-corrected chi connectivity index (χ2v) is 17.8. The molecule has 0 unspecified atom stereocenters.